The van der Waals surface area contributed by atoms with Crippen molar-refractivity contribution in [3.05, 3.63) is 54.1 Å². The maximum Gasteiger partial charge on any atom is 0.241 e. The number of H-pyrrole nitrogens is 1. The van der Waals surface area contributed by atoms with Gasteiger partial charge in [0.1, 0.15) is 5.65 Å². The van der Waals surface area contributed by atoms with Crippen LogP contribution in [0.5, 0.6) is 0 Å². The number of hydrogen-bond donors (Lipinski definition) is 2. The number of carbonyl (C=O) groups is 1. The fourth-order valence-corrected chi connectivity index (χ4v) is 2.28. The number of pyridine rings is 2. The molecule has 3 heterocycles. The molecule has 0 atom stereocenters. The summed E-state index contributed by atoms with van der Waals surface area (Å²) in [6.07, 6.45) is 8.38. The molecule has 0 radical (unpaired) electrons. The van der Waals surface area contributed by atoms with E-state index in [1.54, 1.807) is 18.5 Å². The van der Waals surface area contributed by atoms with Gasteiger partial charge in [0, 0.05) is 52.4 Å². The van der Waals surface area contributed by atoms with Gasteiger partial charge < -0.3 is 10.7 Å². The van der Waals surface area contributed by atoms with Gasteiger partial charge in [0.05, 0.1) is 0 Å². The summed E-state index contributed by atoms with van der Waals surface area (Å²) in [6.45, 7) is 1.96. The first-order valence-corrected chi connectivity index (χ1v) is 6.52. The third kappa shape index (κ3) is 2.53. The number of amides is 1. The minimum absolute atomic E-state index is 0.475. The van der Waals surface area contributed by atoms with E-state index in [1.807, 2.05) is 31.3 Å². The van der Waals surface area contributed by atoms with Gasteiger partial charge in [-0.2, -0.15) is 0 Å². The molecule has 104 valence electrons. The Hall–Kier alpha value is -2.95. The van der Waals surface area contributed by atoms with Crippen LogP contribution < -0.4 is 5.73 Å². The average molecular weight is 278 g/mol. The predicted octanol–water partition coefficient (Wildman–Crippen LogP) is 2.43. The molecule has 3 aromatic heterocycles. The number of aromatic nitrogens is 3. The van der Waals surface area contributed by atoms with Gasteiger partial charge in [-0.15, -0.1) is 0 Å². The quantitative estimate of drug-likeness (QED) is 0.721. The number of aryl methyl sites for hydroxylation is 1. The van der Waals surface area contributed by atoms with E-state index in [0.29, 0.717) is 0 Å². The van der Waals surface area contributed by atoms with Crippen LogP contribution in [0, 0.1) is 6.92 Å². The molecule has 5 heteroatoms. The predicted molar refractivity (Wildman–Crippen MR) is 82.3 cm³/mol. The molecule has 0 aromatic carbocycles. The van der Waals surface area contributed by atoms with E-state index in [9.17, 15) is 4.79 Å². The highest BCUT2D eigenvalue weighted by atomic mass is 16.1. The molecule has 3 rings (SSSR count). The summed E-state index contributed by atoms with van der Waals surface area (Å²) in [7, 11) is 0. The van der Waals surface area contributed by atoms with Gasteiger partial charge in [-0.3, -0.25) is 9.78 Å². The molecule has 5 nitrogen and oxygen atoms in total. The summed E-state index contributed by atoms with van der Waals surface area (Å²) in [4.78, 5) is 22.7. The van der Waals surface area contributed by atoms with Crippen molar-refractivity contribution in [2.75, 3.05) is 0 Å². The summed E-state index contributed by atoms with van der Waals surface area (Å²) in [5.41, 5.74) is 9.74. The Morgan fingerprint density at radius 1 is 1.43 bits per heavy atom. The lowest BCUT2D eigenvalue weighted by atomic mass is 10.0. The number of hydrogen-bond acceptors (Lipinski definition) is 3. The highest BCUT2D eigenvalue weighted by Gasteiger charge is 2.09. The van der Waals surface area contributed by atoms with E-state index in [2.05, 4.69) is 15.0 Å². The molecule has 3 aromatic rings. The molecule has 1 amide bonds. The molecule has 0 fully saturated rings. The van der Waals surface area contributed by atoms with Crippen LogP contribution in [-0.4, -0.2) is 20.9 Å². The number of fused-ring (bicyclic) bond motifs is 1. The van der Waals surface area contributed by atoms with Gasteiger partial charge in [-0.05, 0) is 25.1 Å². The zero-order valence-electron chi connectivity index (χ0n) is 11.5. The lowest BCUT2D eigenvalue weighted by Crippen LogP contribution is -2.04. The number of rotatable bonds is 3. The van der Waals surface area contributed by atoms with Crippen molar-refractivity contribution in [2.45, 2.75) is 6.92 Å². The van der Waals surface area contributed by atoms with Crippen molar-refractivity contribution in [3.8, 4) is 11.1 Å². The average Bonchev–Trinajstić information content (AvgIpc) is 2.87. The SMILES string of the molecule is Cc1nc2[nH]cc(/C=C/C(N)=O)c2cc1-c1cccnc1. The highest BCUT2D eigenvalue weighted by Crippen LogP contribution is 2.27. The number of nitrogens with zero attached hydrogens (tertiary/aromatic N) is 2. The maximum absolute atomic E-state index is 10.9. The first-order valence-electron chi connectivity index (χ1n) is 6.52. The molecule has 0 unspecified atom stereocenters. The molecule has 3 N–H and O–H groups in total. The molecule has 0 saturated heterocycles. The Kier molecular flexibility index (Phi) is 3.23. The molecule has 0 aliphatic rings. The van der Waals surface area contributed by atoms with Crippen LogP contribution in [0.4, 0.5) is 0 Å². The number of aromatic amines is 1. The van der Waals surface area contributed by atoms with E-state index in [0.717, 1.165) is 33.4 Å². The van der Waals surface area contributed by atoms with E-state index in [-0.39, 0.29) is 0 Å². The van der Waals surface area contributed by atoms with Crippen molar-refractivity contribution in [2.24, 2.45) is 5.73 Å². The number of carbonyl (C=O) groups excluding carboxylic acids is 1. The van der Waals surface area contributed by atoms with Crippen molar-refractivity contribution in [1.82, 2.24) is 15.0 Å². The van der Waals surface area contributed by atoms with Crippen LogP contribution in [0.3, 0.4) is 0 Å². The fourth-order valence-electron chi connectivity index (χ4n) is 2.28. The second kappa shape index (κ2) is 5.20. The van der Waals surface area contributed by atoms with Crippen molar-refractivity contribution < 1.29 is 4.79 Å². The Morgan fingerprint density at radius 3 is 3.00 bits per heavy atom. The van der Waals surface area contributed by atoms with Gasteiger partial charge in [-0.25, -0.2) is 4.98 Å². The topological polar surface area (TPSA) is 84.7 Å². The molecule has 0 aliphatic carbocycles. The highest BCUT2D eigenvalue weighted by molar-refractivity contribution is 5.95. The van der Waals surface area contributed by atoms with Gasteiger partial charge >= 0.3 is 0 Å². The molecule has 0 aliphatic heterocycles. The maximum atomic E-state index is 10.9. The van der Waals surface area contributed by atoms with Crippen LogP contribution in [0.15, 0.2) is 42.9 Å². The van der Waals surface area contributed by atoms with Crippen LogP contribution in [-0.2, 0) is 4.79 Å². The van der Waals surface area contributed by atoms with Gasteiger partial charge in [-0.1, -0.05) is 6.07 Å². The Bertz CT molecular complexity index is 834. The second-order valence-corrected chi connectivity index (χ2v) is 4.74. The smallest absolute Gasteiger partial charge is 0.241 e. The van der Waals surface area contributed by atoms with Gasteiger partial charge in [0.25, 0.3) is 0 Å². The lowest BCUT2D eigenvalue weighted by Gasteiger charge is -2.05. The largest absolute Gasteiger partial charge is 0.366 e. The number of nitrogens with one attached hydrogen (secondary N) is 1. The Morgan fingerprint density at radius 2 is 2.29 bits per heavy atom. The first kappa shape index (κ1) is 13.1. The first-order chi connectivity index (χ1) is 10.1. The van der Waals surface area contributed by atoms with Crippen molar-refractivity contribution >= 4 is 23.0 Å². The van der Waals surface area contributed by atoms with Crippen molar-refractivity contribution in [3.63, 3.8) is 0 Å². The fraction of sp³-hybridized carbons (Fsp3) is 0.0625. The van der Waals surface area contributed by atoms with E-state index >= 15 is 0 Å². The molecule has 0 saturated carbocycles. The molecular formula is C16H14N4O. The van der Waals surface area contributed by atoms with E-state index in [1.165, 1.54) is 6.08 Å². The molecule has 21 heavy (non-hydrogen) atoms. The van der Waals surface area contributed by atoms with Gasteiger partial charge in [0.15, 0.2) is 0 Å². The van der Waals surface area contributed by atoms with Gasteiger partial charge in [0.2, 0.25) is 5.91 Å². The third-order valence-corrected chi connectivity index (χ3v) is 3.29. The molecular weight excluding hydrogens is 264 g/mol. The zero-order valence-corrected chi connectivity index (χ0v) is 11.5. The number of primary amides is 1. The standard InChI is InChI=1S/C16H14N4O/c1-10-13(11-3-2-6-18-8-11)7-14-12(4-5-15(17)21)9-19-16(14)20-10/h2-9H,1H3,(H2,17,21)(H,19,20)/b5-4+. The Balaban J connectivity index is 2.17. The molecule has 0 bridgehead atoms. The van der Waals surface area contributed by atoms with E-state index < -0.39 is 5.91 Å². The second-order valence-electron chi connectivity index (χ2n) is 4.74. The minimum atomic E-state index is -0.475. The van der Waals surface area contributed by atoms with E-state index in [4.69, 9.17) is 5.73 Å². The van der Waals surface area contributed by atoms with Crippen LogP contribution >= 0.6 is 0 Å². The summed E-state index contributed by atoms with van der Waals surface area (Å²) < 4.78 is 0. The summed E-state index contributed by atoms with van der Waals surface area (Å²) >= 11 is 0. The van der Waals surface area contributed by atoms with Crippen LogP contribution in [0.1, 0.15) is 11.3 Å². The zero-order chi connectivity index (χ0) is 14.8. The number of nitrogens with two attached hydrogens (primary N) is 1. The molecule has 0 spiro atoms. The normalized spacial score (nSPS) is 11.3. The summed E-state index contributed by atoms with van der Waals surface area (Å²) in [6, 6.07) is 5.93. The summed E-state index contributed by atoms with van der Waals surface area (Å²) in [5, 5.41) is 0.942. The summed E-state index contributed by atoms with van der Waals surface area (Å²) in [5.74, 6) is -0.475. The van der Waals surface area contributed by atoms with Crippen LogP contribution in [0.25, 0.3) is 28.2 Å². The van der Waals surface area contributed by atoms with Crippen LogP contribution in [0.2, 0.25) is 0 Å². The van der Waals surface area contributed by atoms with Crippen molar-refractivity contribution in [1.29, 1.82) is 0 Å². The Labute approximate surface area is 121 Å². The monoisotopic (exact) mass is 278 g/mol. The minimum Gasteiger partial charge on any atom is -0.366 e. The lowest BCUT2D eigenvalue weighted by molar-refractivity contribution is -0.113. The third-order valence-electron chi connectivity index (χ3n) is 3.29.